The number of benzene rings is 1. The van der Waals surface area contributed by atoms with Gasteiger partial charge in [0.2, 0.25) is 5.91 Å². The fourth-order valence-corrected chi connectivity index (χ4v) is 4.54. The molecule has 2 aliphatic rings. The maximum atomic E-state index is 12.8. The van der Waals surface area contributed by atoms with Crippen LogP contribution in [0.1, 0.15) is 37.7 Å². The van der Waals surface area contributed by atoms with E-state index in [-0.39, 0.29) is 6.10 Å². The van der Waals surface area contributed by atoms with Crippen molar-refractivity contribution in [3.63, 3.8) is 0 Å². The highest BCUT2D eigenvalue weighted by molar-refractivity contribution is 9.10. The Kier molecular flexibility index (Phi) is 5.25. The molecule has 5 heteroatoms. The van der Waals surface area contributed by atoms with Crippen molar-refractivity contribution < 1.29 is 9.53 Å². The third-order valence-electron chi connectivity index (χ3n) is 5.46. The van der Waals surface area contributed by atoms with E-state index in [4.69, 9.17) is 4.74 Å². The molecule has 0 spiro atoms. The molecule has 2 saturated heterocycles. The van der Waals surface area contributed by atoms with Crippen molar-refractivity contribution in [3.05, 3.63) is 58.8 Å². The molecule has 0 saturated carbocycles. The van der Waals surface area contributed by atoms with Crippen molar-refractivity contribution in [1.29, 1.82) is 0 Å². The summed E-state index contributed by atoms with van der Waals surface area (Å²) >= 11 is 3.45. The fourth-order valence-electron chi connectivity index (χ4n) is 4.27. The van der Waals surface area contributed by atoms with E-state index >= 15 is 0 Å². The normalized spacial score (nSPS) is 24.5. The van der Waals surface area contributed by atoms with E-state index in [0.29, 0.717) is 24.4 Å². The number of fused-ring (bicyclic) bond motifs is 2. The van der Waals surface area contributed by atoms with Crippen molar-refractivity contribution >= 4 is 21.8 Å². The third-order valence-corrected chi connectivity index (χ3v) is 5.98. The van der Waals surface area contributed by atoms with Gasteiger partial charge in [0, 0.05) is 42.0 Å². The van der Waals surface area contributed by atoms with Gasteiger partial charge in [0.15, 0.2) is 0 Å². The summed E-state index contributed by atoms with van der Waals surface area (Å²) in [6, 6.07) is 12.7. The molecule has 2 unspecified atom stereocenters. The summed E-state index contributed by atoms with van der Waals surface area (Å²) in [5.41, 5.74) is 1.21. The Bertz CT molecular complexity index is 736. The smallest absolute Gasteiger partial charge is 0.223 e. The minimum absolute atomic E-state index is 0.187. The second kappa shape index (κ2) is 7.78. The zero-order valence-corrected chi connectivity index (χ0v) is 16.3. The predicted octanol–water partition coefficient (Wildman–Crippen LogP) is 4.38. The monoisotopic (exact) mass is 414 g/mol. The van der Waals surface area contributed by atoms with Crippen LogP contribution in [0.4, 0.5) is 0 Å². The number of aromatic nitrogens is 1. The van der Waals surface area contributed by atoms with Crippen LogP contribution in [0.25, 0.3) is 0 Å². The average molecular weight is 415 g/mol. The Hall–Kier alpha value is -1.88. The zero-order valence-electron chi connectivity index (χ0n) is 14.7. The number of amides is 1. The largest absolute Gasteiger partial charge is 0.489 e. The number of rotatable bonds is 5. The van der Waals surface area contributed by atoms with E-state index in [0.717, 1.165) is 42.3 Å². The molecule has 2 fully saturated rings. The van der Waals surface area contributed by atoms with Gasteiger partial charge >= 0.3 is 0 Å². The summed E-state index contributed by atoms with van der Waals surface area (Å²) in [6.07, 6.45) is 9.14. The van der Waals surface area contributed by atoms with Crippen LogP contribution in [0.5, 0.6) is 5.75 Å². The average Bonchev–Trinajstić information content (AvgIpc) is 2.93. The molecule has 1 amide bonds. The Morgan fingerprint density at radius 1 is 1.15 bits per heavy atom. The first-order valence-electron chi connectivity index (χ1n) is 9.31. The number of carbonyl (C=O) groups excluding carboxylic acids is 1. The van der Waals surface area contributed by atoms with Gasteiger partial charge in [-0.2, -0.15) is 0 Å². The number of aryl methyl sites for hydroxylation is 1. The third kappa shape index (κ3) is 3.93. The van der Waals surface area contributed by atoms with E-state index in [1.54, 1.807) is 12.4 Å². The molecule has 4 nitrogen and oxygen atoms in total. The lowest BCUT2D eigenvalue weighted by Gasteiger charge is -2.39. The van der Waals surface area contributed by atoms with Gasteiger partial charge in [0.1, 0.15) is 11.9 Å². The van der Waals surface area contributed by atoms with Crippen LogP contribution in [0.2, 0.25) is 0 Å². The number of hydrogen-bond donors (Lipinski definition) is 0. The highest BCUT2D eigenvalue weighted by Gasteiger charge is 2.43. The predicted molar refractivity (Wildman–Crippen MR) is 104 cm³/mol. The Morgan fingerprint density at radius 3 is 2.54 bits per heavy atom. The quantitative estimate of drug-likeness (QED) is 0.728. The van der Waals surface area contributed by atoms with Gasteiger partial charge in [-0.1, -0.05) is 28.1 Å². The molecular weight excluding hydrogens is 392 g/mol. The summed E-state index contributed by atoms with van der Waals surface area (Å²) < 4.78 is 7.17. The fraction of sp³-hybridized carbons (Fsp3) is 0.429. The van der Waals surface area contributed by atoms with Crippen LogP contribution < -0.4 is 4.74 Å². The molecule has 136 valence electrons. The summed E-state index contributed by atoms with van der Waals surface area (Å²) in [4.78, 5) is 19.1. The lowest BCUT2D eigenvalue weighted by atomic mass is 9.98. The number of carbonyl (C=O) groups is 1. The molecule has 1 aromatic heterocycles. The Balaban J connectivity index is 1.34. The van der Waals surface area contributed by atoms with Crippen LogP contribution in [-0.4, -0.2) is 34.0 Å². The maximum absolute atomic E-state index is 12.8. The second-order valence-electron chi connectivity index (χ2n) is 7.21. The van der Waals surface area contributed by atoms with Crippen LogP contribution in [0, 0.1) is 0 Å². The molecular formula is C21H23BrN2O2. The Labute approximate surface area is 162 Å². The number of halogens is 1. The number of hydrogen-bond acceptors (Lipinski definition) is 3. The summed E-state index contributed by atoms with van der Waals surface area (Å²) in [7, 11) is 0. The molecule has 26 heavy (non-hydrogen) atoms. The molecule has 1 aromatic carbocycles. The molecule has 2 bridgehead atoms. The summed E-state index contributed by atoms with van der Waals surface area (Å²) in [6.45, 7) is 0. The first-order chi connectivity index (χ1) is 12.7. The van der Waals surface area contributed by atoms with Gasteiger partial charge in [0.05, 0.1) is 6.20 Å². The molecule has 3 heterocycles. The number of ether oxygens (including phenoxy) is 1. The topological polar surface area (TPSA) is 42.4 Å². The summed E-state index contributed by atoms with van der Waals surface area (Å²) in [5, 5.41) is 0. The lowest BCUT2D eigenvalue weighted by molar-refractivity contribution is -0.137. The van der Waals surface area contributed by atoms with Crippen LogP contribution >= 0.6 is 15.9 Å². The highest BCUT2D eigenvalue weighted by atomic mass is 79.9. The molecule has 0 aliphatic carbocycles. The van der Waals surface area contributed by atoms with Crippen molar-refractivity contribution in [2.45, 2.75) is 56.7 Å². The SMILES string of the molecule is O=C(CCc1ccc(Br)cc1)N1C2CCC1CC(Oc1cccnc1)C2. The van der Waals surface area contributed by atoms with Gasteiger partial charge in [-0.05, 0) is 49.1 Å². The van der Waals surface area contributed by atoms with Gasteiger partial charge in [-0.15, -0.1) is 0 Å². The zero-order chi connectivity index (χ0) is 17.9. The number of nitrogens with zero attached hydrogens (tertiary/aromatic N) is 2. The van der Waals surface area contributed by atoms with Crippen molar-refractivity contribution in [2.75, 3.05) is 0 Å². The van der Waals surface area contributed by atoms with Gasteiger partial charge < -0.3 is 9.64 Å². The van der Waals surface area contributed by atoms with Crippen LogP contribution in [0.15, 0.2) is 53.3 Å². The van der Waals surface area contributed by atoms with E-state index in [9.17, 15) is 4.79 Å². The van der Waals surface area contributed by atoms with E-state index in [1.807, 2.05) is 24.3 Å². The lowest BCUT2D eigenvalue weighted by Crippen LogP contribution is -2.49. The van der Waals surface area contributed by atoms with Crippen molar-refractivity contribution in [1.82, 2.24) is 9.88 Å². The van der Waals surface area contributed by atoms with E-state index in [2.05, 4.69) is 37.9 Å². The standard InChI is InChI=1S/C21H23BrN2O2/c22-16-6-3-15(4-7-16)5-10-21(25)24-17-8-9-18(24)13-20(12-17)26-19-2-1-11-23-14-19/h1-4,6-7,11,14,17-18,20H,5,8-10,12-13H2. The van der Waals surface area contributed by atoms with E-state index < -0.39 is 0 Å². The first kappa shape index (κ1) is 17.5. The highest BCUT2D eigenvalue weighted by Crippen LogP contribution is 2.37. The van der Waals surface area contributed by atoms with Crippen LogP contribution in [0.3, 0.4) is 0 Å². The maximum Gasteiger partial charge on any atom is 0.223 e. The van der Waals surface area contributed by atoms with Gasteiger partial charge in [-0.3, -0.25) is 9.78 Å². The molecule has 4 rings (SSSR count). The minimum atomic E-state index is 0.187. The van der Waals surface area contributed by atoms with Gasteiger partial charge in [0.25, 0.3) is 0 Å². The molecule has 2 aromatic rings. The first-order valence-corrected chi connectivity index (χ1v) is 10.1. The van der Waals surface area contributed by atoms with Crippen LogP contribution in [-0.2, 0) is 11.2 Å². The minimum Gasteiger partial charge on any atom is -0.489 e. The molecule has 0 radical (unpaired) electrons. The van der Waals surface area contributed by atoms with Crippen molar-refractivity contribution in [2.24, 2.45) is 0 Å². The molecule has 2 aliphatic heterocycles. The number of pyridine rings is 1. The van der Waals surface area contributed by atoms with Crippen molar-refractivity contribution in [3.8, 4) is 5.75 Å². The molecule has 0 N–H and O–H groups in total. The van der Waals surface area contributed by atoms with E-state index in [1.165, 1.54) is 5.56 Å². The number of piperidine rings is 1. The second-order valence-corrected chi connectivity index (χ2v) is 8.13. The Morgan fingerprint density at radius 2 is 1.88 bits per heavy atom. The molecule has 2 atom stereocenters. The van der Waals surface area contributed by atoms with Gasteiger partial charge in [-0.25, -0.2) is 0 Å². The summed E-state index contributed by atoms with van der Waals surface area (Å²) in [5.74, 6) is 1.12.